The van der Waals surface area contributed by atoms with E-state index in [1.807, 2.05) is 21.1 Å². The minimum Gasteiger partial charge on any atom is -0.480 e. The van der Waals surface area contributed by atoms with Crippen LogP contribution in [0.1, 0.15) is 155 Å². The fraction of sp³-hybridized carbons (Fsp3) is 0.805. The summed E-state index contributed by atoms with van der Waals surface area (Å²) in [7, 11) is 1.39. The lowest BCUT2D eigenvalue weighted by Crippen LogP contribution is -2.37. The number of carbonyl (C=O) groups excluding carboxylic acids is 2. The Kier molecular flexibility index (Phi) is 28.7. The lowest BCUT2D eigenvalue weighted by molar-refractivity contribution is -0.870. The number of aliphatic hydroxyl groups is 1. The average Bonchev–Trinajstić information content (AvgIpc) is 3.62. The zero-order chi connectivity index (χ0) is 40.6. The van der Waals surface area contributed by atoms with Crippen LogP contribution >= 0.6 is 7.82 Å². The highest BCUT2D eigenvalue weighted by molar-refractivity contribution is 7.47. The third-order valence-corrected chi connectivity index (χ3v) is 10.3. The van der Waals surface area contributed by atoms with Crippen molar-refractivity contribution in [3.63, 3.8) is 0 Å². The number of likely N-dealkylation sites (N-methyl/N-ethyl adjacent to an activating group) is 1. The standard InChI is InChI=1S/C41H72N3O10P/c1-5-6-7-8-9-10-11-12-13-14-17-20-23-29-39(45)51-34-36(35-53-55(48,49)52-33-31-44(2,3)4)54-40(46)30-24-21-18-15-16-19-22-25-32-50-41(47)37-27-26-28-38(37)43-42/h26-28,36H,5-25,29-35H2,1-4H3/p+2/b41-37+. The number of ether oxygens (including phenoxy) is 3. The predicted molar refractivity (Wildman–Crippen MR) is 215 cm³/mol. The third-order valence-electron chi connectivity index (χ3n) is 9.30. The molecular formula is C41H74N3O10P+2. The molecule has 1 aliphatic rings. The van der Waals surface area contributed by atoms with Gasteiger partial charge < -0.3 is 28.7 Å². The van der Waals surface area contributed by atoms with Gasteiger partial charge in [-0.05, 0) is 25.3 Å². The minimum absolute atomic E-state index is 0.00709. The molecule has 0 aromatic heterocycles. The molecule has 0 amide bonds. The number of diazo groups is 1. The SMILES string of the molecule is CCCCCCCCCCCCCCCC(=O)OCC(COP(=O)(O)OCC[N+](C)(C)C)OC(=O)CCCCCCCCCCO/C(O)=C1\C=CC=C1[N+]#N. The van der Waals surface area contributed by atoms with E-state index >= 15 is 0 Å². The molecule has 55 heavy (non-hydrogen) atoms. The van der Waals surface area contributed by atoms with Crippen molar-refractivity contribution < 1.29 is 51.9 Å². The van der Waals surface area contributed by atoms with Crippen molar-refractivity contribution in [2.75, 3.05) is 54.1 Å². The molecule has 13 nitrogen and oxygen atoms in total. The zero-order valence-electron chi connectivity index (χ0n) is 34.6. The van der Waals surface area contributed by atoms with Crippen molar-refractivity contribution in [1.29, 1.82) is 5.39 Å². The molecule has 0 radical (unpaired) electrons. The van der Waals surface area contributed by atoms with Gasteiger partial charge in [0.15, 0.2) is 16.7 Å². The van der Waals surface area contributed by atoms with Crippen LogP contribution in [0, 0.1) is 5.39 Å². The van der Waals surface area contributed by atoms with E-state index < -0.39 is 32.5 Å². The maximum absolute atomic E-state index is 12.7. The van der Waals surface area contributed by atoms with E-state index in [1.54, 1.807) is 18.2 Å². The van der Waals surface area contributed by atoms with E-state index in [9.17, 15) is 24.2 Å². The summed E-state index contributed by atoms with van der Waals surface area (Å²) >= 11 is 0. The van der Waals surface area contributed by atoms with Gasteiger partial charge in [-0.1, -0.05) is 129 Å². The summed E-state index contributed by atoms with van der Waals surface area (Å²) in [5.74, 6) is -1.13. The van der Waals surface area contributed by atoms with Gasteiger partial charge in [0.1, 0.15) is 19.8 Å². The first-order chi connectivity index (χ1) is 26.4. The van der Waals surface area contributed by atoms with Gasteiger partial charge in [0, 0.05) is 18.9 Å². The number of allylic oxidation sites excluding steroid dienone is 3. The molecule has 1 rings (SSSR count). The fourth-order valence-corrected chi connectivity index (χ4v) is 6.65. The molecule has 0 fully saturated rings. The largest absolute Gasteiger partial charge is 0.480 e. The molecule has 2 unspecified atom stereocenters. The Hall–Kier alpha value is -2.75. The first-order valence-electron chi connectivity index (χ1n) is 20.9. The number of unbranched alkanes of at least 4 members (excludes halogenated alkanes) is 19. The molecule has 0 aromatic carbocycles. The second-order valence-electron chi connectivity index (χ2n) is 15.6. The van der Waals surface area contributed by atoms with Crippen LogP contribution in [0.3, 0.4) is 0 Å². The van der Waals surface area contributed by atoms with Crippen LogP contribution in [-0.4, -0.2) is 86.6 Å². The van der Waals surface area contributed by atoms with Gasteiger partial charge in [0.25, 0.3) is 5.95 Å². The van der Waals surface area contributed by atoms with Gasteiger partial charge in [0.05, 0.1) is 34.4 Å². The number of rotatable bonds is 36. The Balaban J connectivity index is 2.31. The molecule has 0 aromatic rings. The first-order valence-corrected chi connectivity index (χ1v) is 22.4. The monoisotopic (exact) mass is 800 g/mol. The van der Waals surface area contributed by atoms with E-state index in [0.29, 0.717) is 29.6 Å². The van der Waals surface area contributed by atoms with Gasteiger partial charge in [-0.2, -0.15) is 0 Å². The Morgan fingerprint density at radius 1 is 0.727 bits per heavy atom. The molecule has 1 aliphatic carbocycles. The van der Waals surface area contributed by atoms with Crippen molar-refractivity contribution in [2.45, 2.75) is 161 Å². The number of aliphatic hydroxyl groups excluding tert-OH is 1. The minimum atomic E-state index is -4.40. The van der Waals surface area contributed by atoms with E-state index in [4.69, 9.17) is 28.7 Å². The topological polar surface area (TPSA) is 166 Å². The van der Waals surface area contributed by atoms with Gasteiger partial charge in [-0.3, -0.25) is 18.6 Å². The number of phosphoric acid groups is 1. The third kappa shape index (κ3) is 29.2. The van der Waals surface area contributed by atoms with Crippen LogP contribution in [0.15, 0.2) is 35.4 Å². The second-order valence-corrected chi connectivity index (χ2v) is 17.0. The van der Waals surface area contributed by atoms with Crippen molar-refractivity contribution in [3.05, 3.63) is 40.4 Å². The van der Waals surface area contributed by atoms with Crippen LogP contribution in [0.2, 0.25) is 0 Å². The summed E-state index contributed by atoms with van der Waals surface area (Å²) in [6.45, 7) is 2.40. The molecule has 2 atom stereocenters. The number of nitrogens with zero attached hydrogens (tertiary/aromatic N) is 3. The van der Waals surface area contributed by atoms with E-state index in [0.717, 1.165) is 64.2 Å². The van der Waals surface area contributed by atoms with Gasteiger partial charge in [-0.25, -0.2) is 4.57 Å². The average molecular weight is 800 g/mol. The lowest BCUT2D eigenvalue weighted by atomic mass is 10.0. The quantitative estimate of drug-likeness (QED) is 0.0155. The highest BCUT2D eigenvalue weighted by atomic mass is 31.2. The Morgan fingerprint density at radius 3 is 1.76 bits per heavy atom. The van der Waals surface area contributed by atoms with Crippen LogP contribution < -0.4 is 0 Å². The van der Waals surface area contributed by atoms with Crippen LogP contribution in [0.25, 0.3) is 4.98 Å². The molecule has 0 saturated heterocycles. The maximum atomic E-state index is 12.7. The summed E-state index contributed by atoms with van der Waals surface area (Å²) in [4.78, 5) is 38.4. The number of esters is 2. The van der Waals surface area contributed by atoms with E-state index in [1.165, 1.54) is 64.2 Å². The summed E-state index contributed by atoms with van der Waals surface area (Å²) < 4.78 is 39.5. The van der Waals surface area contributed by atoms with Crippen LogP contribution in [0.5, 0.6) is 0 Å². The number of quaternary nitrogens is 1. The van der Waals surface area contributed by atoms with E-state index in [2.05, 4.69) is 11.9 Å². The van der Waals surface area contributed by atoms with Crippen LogP contribution in [0.4, 0.5) is 0 Å². The molecule has 0 saturated carbocycles. The Labute approximate surface area is 331 Å². The molecule has 0 heterocycles. The highest BCUT2D eigenvalue weighted by Crippen LogP contribution is 2.43. The molecule has 316 valence electrons. The molecule has 14 heteroatoms. The molecule has 2 N–H and O–H groups in total. The number of phosphoric ester groups is 1. The predicted octanol–water partition coefficient (Wildman–Crippen LogP) is 10.4. The van der Waals surface area contributed by atoms with Crippen LogP contribution in [-0.2, 0) is 37.4 Å². The summed E-state index contributed by atoms with van der Waals surface area (Å²) in [6.07, 6.45) is 27.3. The first kappa shape index (κ1) is 50.3. The second kappa shape index (κ2) is 31.3. The van der Waals surface area contributed by atoms with Crippen molar-refractivity contribution in [1.82, 2.24) is 0 Å². The zero-order valence-corrected chi connectivity index (χ0v) is 35.5. The molecule has 0 bridgehead atoms. The molecule has 0 spiro atoms. The summed E-state index contributed by atoms with van der Waals surface area (Å²) in [5.41, 5.74) is 0.627. The Morgan fingerprint density at radius 2 is 1.24 bits per heavy atom. The smallest absolute Gasteiger partial charge is 0.472 e. The molecule has 0 aliphatic heterocycles. The lowest BCUT2D eigenvalue weighted by Gasteiger charge is -2.24. The van der Waals surface area contributed by atoms with Gasteiger partial charge >= 0.3 is 25.5 Å². The van der Waals surface area contributed by atoms with E-state index in [-0.39, 0.29) is 37.7 Å². The number of hydrogen-bond acceptors (Lipinski definition) is 10. The fourth-order valence-electron chi connectivity index (χ4n) is 5.91. The van der Waals surface area contributed by atoms with Crippen molar-refractivity contribution >= 4 is 19.8 Å². The highest BCUT2D eigenvalue weighted by Gasteiger charge is 2.27. The van der Waals surface area contributed by atoms with Crippen molar-refractivity contribution in [3.8, 4) is 0 Å². The van der Waals surface area contributed by atoms with Gasteiger partial charge in [-0.15, -0.1) is 0 Å². The number of hydrogen-bond donors (Lipinski definition) is 2. The maximum Gasteiger partial charge on any atom is 0.472 e. The normalized spacial score (nSPS) is 15.2. The van der Waals surface area contributed by atoms with Crippen molar-refractivity contribution in [2.24, 2.45) is 0 Å². The summed E-state index contributed by atoms with van der Waals surface area (Å²) in [5, 5.41) is 19.0. The molecular weight excluding hydrogens is 725 g/mol. The van der Waals surface area contributed by atoms with Gasteiger partial charge in [0.2, 0.25) is 5.39 Å². The number of carbonyl (C=O) groups is 2. The summed E-state index contributed by atoms with van der Waals surface area (Å²) in [6, 6.07) is 0. The Bertz CT molecular complexity index is 1240.